The second kappa shape index (κ2) is 57.9. The van der Waals surface area contributed by atoms with Gasteiger partial charge in [0.15, 0.2) is 5.78 Å². The molecular formula is C77H106N10O42P6S4. The number of aliphatic hydroxyl groups is 2. The minimum Gasteiger partial charge on any atom is -0.481 e. The van der Waals surface area contributed by atoms with Crippen molar-refractivity contribution in [2.24, 2.45) is 5.73 Å². The van der Waals surface area contributed by atoms with Crippen molar-refractivity contribution in [1.82, 2.24) is 35.1 Å². The zero-order valence-electron chi connectivity index (χ0n) is 73.6. The highest BCUT2D eigenvalue weighted by Crippen LogP contribution is 2.68. The first kappa shape index (κ1) is 119. The van der Waals surface area contributed by atoms with Crippen molar-refractivity contribution in [1.29, 1.82) is 0 Å². The number of carboxylic acids is 4. The molecule has 52 nitrogen and oxygen atoms in total. The van der Waals surface area contributed by atoms with Crippen LogP contribution in [0.15, 0.2) is 70.5 Å². The summed E-state index contributed by atoms with van der Waals surface area (Å²) in [6.07, 6.45) is -3.15. The van der Waals surface area contributed by atoms with Crippen LogP contribution in [0.1, 0.15) is 195 Å². The maximum Gasteiger partial charge on any atom is 0.490 e. The number of rotatable bonds is 61. The number of anilines is 2. The highest BCUT2D eigenvalue weighted by molar-refractivity contribution is 8.77. The Labute approximate surface area is 807 Å². The topological polar surface area (TPSA) is 840 Å². The summed E-state index contributed by atoms with van der Waals surface area (Å²) in [5.41, 5.74) is 20.1. The van der Waals surface area contributed by atoms with Gasteiger partial charge in [-0.1, -0.05) is 141 Å². The summed E-state index contributed by atoms with van der Waals surface area (Å²) in [6, 6.07) is 11.4. The predicted octanol–water partition coefficient (Wildman–Crippen LogP) is 5.50. The van der Waals surface area contributed by atoms with Crippen molar-refractivity contribution >= 4 is 167 Å². The van der Waals surface area contributed by atoms with Crippen molar-refractivity contribution in [2.75, 3.05) is 54.3 Å². The number of ether oxygens (including phenoxy) is 3. The number of Topliss-reactive ketones (excluding diaryl/α,β-unsaturated/α-hetero) is 4. The van der Waals surface area contributed by atoms with Gasteiger partial charge in [0, 0.05) is 131 Å². The lowest BCUT2D eigenvalue weighted by atomic mass is 9.98. The first-order valence-electron chi connectivity index (χ1n) is 42.1. The Balaban J connectivity index is 0.000000440. The molecule has 2 aromatic carbocycles. The maximum absolute atomic E-state index is 13.6. The quantitative estimate of drug-likeness (QED) is 0.0112. The van der Waals surface area contributed by atoms with Gasteiger partial charge < -0.3 is 117 Å². The molecule has 0 spiro atoms. The molecule has 23 N–H and O–H groups in total. The molecule has 0 radical (unpaired) electrons. The minimum absolute atomic E-state index is 0.00747. The zero-order valence-corrected chi connectivity index (χ0v) is 82.2. The van der Waals surface area contributed by atoms with Crippen LogP contribution >= 0.6 is 90.1 Å². The second-order valence-corrected chi connectivity index (χ2v) is 44.8. The van der Waals surface area contributed by atoms with Gasteiger partial charge in [-0.3, -0.25) is 56.5 Å². The van der Waals surface area contributed by atoms with Crippen molar-refractivity contribution in [3.05, 3.63) is 104 Å². The van der Waals surface area contributed by atoms with Gasteiger partial charge in [-0.05, 0) is 60.8 Å². The Morgan fingerprint density at radius 3 is 1.26 bits per heavy atom. The lowest BCUT2D eigenvalue weighted by Gasteiger charge is -2.19. The molecule has 62 heteroatoms. The Morgan fingerprint density at radius 1 is 0.475 bits per heavy atom. The normalized spacial score (nSPS) is 18.7. The van der Waals surface area contributed by atoms with Crippen LogP contribution in [0.25, 0.3) is 11.1 Å². The number of carbonyl (C=O) groups excluding carboxylic acids is 7. The van der Waals surface area contributed by atoms with Crippen molar-refractivity contribution in [2.45, 2.75) is 221 Å². The molecule has 2 fully saturated rings. The number of alkyl carbamates (subject to hydrolysis) is 1. The van der Waals surface area contributed by atoms with Gasteiger partial charge in [0.25, 0.3) is 0 Å². The number of unbranched alkanes of at least 4 members (excludes halogenated alkanes) is 6. The number of aromatic nitrogens is 4. The summed E-state index contributed by atoms with van der Waals surface area (Å²) >= 11 is 0. The molecule has 14 atom stereocenters. The van der Waals surface area contributed by atoms with Crippen molar-refractivity contribution in [3.8, 4) is 34.8 Å². The molecule has 2 saturated heterocycles. The number of hydrogen-bond acceptors (Lipinski definition) is 39. The van der Waals surface area contributed by atoms with E-state index >= 15 is 0 Å². The number of carboxylic acid groups (broad SMARTS) is 4. The molecule has 7 rings (SSSR count). The highest BCUT2D eigenvalue weighted by Gasteiger charge is 2.46. The van der Waals surface area contributed by atoms with Crippen LogP contribution in [-0.4, -0.2) is 245 Å². The molecule has 0 saturated carbocycles. The molecule has 139 heavy (non-hydrogen) atoms. The van der Waals surface area contributed by atoms with Crippen LogP contribution in [0.2, 0.25) is 0 Å². The van der Waals surface area contributed by atoms with Gasteiger partial charge in [0.2, 0.25) is 11.8 Å². The highest BCUT2D eigenvalue weighted by atomic mass is 33.1. The summed E-state index contributed by atoms with van der Waals surface area (Å²) in [5.74, 6) is 4.91. The number of aliphatic hydroxyl groups excluding tert-OH is 2. The van der Waals surface area contributed by atoms with Gasteiger partial charge in [-0.2, -0.15) is 27.2 Å². The largest absolute Gasteiger partial charge is 0.490 e. The molecular weight excluding hydrogens is 2050 g/mol. The third kappa shape index (κ3) is 45.0. The number of benzene rings is 2. The van der Waals surface area contributed by atoms with Crippen LogP contribution < -0.4 is 44.5 Å². The van der Waals surface area contributed by atoms with E-state index in [1.165, 1.54) is 55.6 Å². The minimum atomic E-state index is -5.80. The van der Waals surface area contributed by atoms with Crippen LogP contribution in [0.3, 0.4) is 0 Å². The molecule has 4 aromatic rings. The number of fused-ring (bicyclic) bond motifs is 3. The molecule has 2 aromatic heterocycles. The molecule has 2 aliphatic heterocycles. The van der Waals surface area contributed by atoms with Gasteiger partial charge in [-0.15, -0.1) is 0 Å². The average molecular weight is 2160 g/mol. The van der Waals surface area contributed by atoms with Gasteiger partial charge in [-0.25, -0.2) is 51.4 Å². The number of ketones is 4. The summed E-state index contributed by atoms with van der Waals surface area (Å²) in [6.45, 7) is -1.91. The van der Waals surface area contributed by atoms with Crippen molar-refractivity contribution in [3.63, 3.8) is 0 Å². The number of nitrogens with one attached hydrogen (secondary N) is 3. The number of nitrogens with zero attached hydrogens (tertiary/aromatic N) is 4. The number of carbonyl (C=O) groups is 11. The Bertz CT molecular complexity index is 5510. The van der Waals surface area contributed by atoms with Gasteiger partial charge in [0.05, 0.1) is 42.6 Å². The monoisotopic (exact) mass is 2160 g/mol. The van der Waals surface area contributed by atoms with E-state index in [4.69, 9.17) is 66.3 Å². The molecule has 0 bridgehead atoms. The number of nitrogen functional groups attached to an aromatic ring is 2. The molecule has 3 amide bonds. The first-order valence-corrected chi connectivity index (χ1v) is 56.1. The van der Waals surface area contributed by atoms with E-state index in [-0.39, 0.29) is 160 Å². The molecule has 10 unspecified atom stereocenters. The number of phosphoric acid groups is 6. The first-order chi connectivity index (χ1) is 65.2. The number of aliphatic carboxylic acids is 4. The van der Waals surface area contributed by atoms with E-state index in [0.29, 0.717) is 68.6 Å². The number of nitrogens with two attached hydrogens (primary N) is 3. The summed E-state index contributed by atoms with van der Waals surface area (Å²) in [5, 5.41) is 64.2. The molecule has 4 heterocycles. The predicted molar refractivity (Wildman–Crippen MR) is 494 cm³/mol. The Morgan fingerprint density at radius 2 is 0.863 bits per heavy atom. The smallest absolute Gasteiger partial charge is 0.481 e. The summed E-state index contributed by atoms with van der Waals surface area (Å²) in [7, 11) is -28.5. The fraction of sp³-hybridized carbons (Fsp3) is 0.545. The van der Waals surface area contributed by atoms with E-state index in [9.17, 15) is 125 Å². The fourth-order valence-electron chi connectivity index (χ4n) is 13.1. The standard InChI is InChI=1S/C46H58N5O22P3S2.C31H48N5O20P3S2/c47-43-28(24-51(45(60)50-43)41-23-38(54)39(71-41)26-70-75(65,66)73-76(67,68)72-74(62,63)64)11-5-6-12-29(52)21-22-77-78-27-36(37(53)17-3-1-2-4-18-40(55)48-35(44(58)59)19-20-42(56)57)49-46(61)69-25-34-32-15-9-7-13-30(32)31-14-8-10-16-33(31)34;32-21(23(38)9-3-1-2-4-10-26(40)34-22(30(43)44)11-12-28(41)42)18-61-60-14-13-20(37)8-6-5-7-19-16-36(31(45)35-29(19)33)27-15-24(39)25(54-27)17-53-58(49,50)56-59(51,52)55-57(46,47)48/h7-10,13-16,24,34-36,38-39,41,54H,1-4,6,12,17-23,25-27H2,(H,48,55)(H,49,61)(H,56,57)(H,58,59)(H,65,66)(H,67,68)(H2,47,50,60)(H2,62,63,64);16,21-22,24-25,27,39H,1-4,6,8-15,17-18,32H2,(H,34,40)(H,41,42)(H,43,44)(H,49,50)(H,51,52)(H2,33,35,45)(H2,46,47,48)/t35?,36?,38?,39-,41-;21?,22?,24?,25-,27-/m11/s1. The van der Waals surface area contributed by atoms with Crippen LogP contribution in [0.4, 0.5) is 16.4 Å². The van der Waals surface area contributed by atoms with E-state index in [0.717, 1.165) is 31.4 Å². The van der Waals surface area contributed by atoms with Gasteiger partial charge in [0.1, 0.15) is 78.4 Å². The van der Waals surface area contributed by atoms with E-state index < -0.39 is 181 Å². The van der Waals surface area contributed by atoms with Crippen molar-refractivity contribution < 1.29 is 190 Å². The molecule has 770 valence electrons. The van der Waals surface area contributed by atoms with E-state index in [1.807, 2.05) is 48.5 Å². The lowest BCUT2D eigenvalue weighted by Crippen LogP contribution is -2.43. The number of amides is 3. The summed E-state index contributed by atoms with van der Waals surface area (Å²) in [4.78, 5) is 238. The fourth-order valence-corrected chi connectivity index (χ4v) is 23.6. The lowest BCUT2D eigenvalue weighted by molar-refractivity contribution is -0.144. The number of hydrogen-bond donors (Lipinski definition) is 20. The average Bonchev–Trinajstić information content (AvgIpc) is 1.61. The van der Waals surface area contributed by atoms with Crippen LogP contribution in [0, 0.1) is 23.7 Å². The van der Waals surface area contributed by atoms with E-state index in [2.05, 4.69) is 75.9 Å². The Kier molecular flexibility index (Phi) is 49.7. The summed E-state index contributed by atoms with van der Waals surface area (Å²) < 4.78 is 111. The molecule has 1 aliphatic carbocycles. The maximum atomic E-state index is 13.6. The SMILES string of the molecule is Nc1nc(=O)n([C@H]2CC(O)[C@@H](COP(=O)(O)OP(=O)(O)OP(=O)(O)O)O2)cc1C#CCCC(=O)CCSSCC(N)C(=O)CCCCCCC(=O)NC(CCC(=O)O)C(=O)O.Nc1nc(=O)n([C@H]2CC(O)[C@@H](COP(=O)(O)OP(=O)(O)OP(=O)(O)O)O2)cc1C#CCCC(=O)CCSSCC(NC(=O)OCC1c2ccccc2-c2ccccc21)C(=O)CCCCCCC(=O)NC(CCC(=O)O)C(=O)O. The third-order valence-corrected chi connectivity index (χ3v) is 32.3. The van der Waals surface area contributed by atoms with Crippen LogP contribution in [0.5, 0.6) is 0 Å². The molecule has 3 aliphatic rings. The third-order valence-electron chi connectivity index (χ3n) is 19.9. The van der Waals surface area contributed by atoms with Gasteiger partial charge >= 0.3 is 88.3 Å². The number of phosphoric ester groups is 2. The second-order valence-electron chi connectivity index (χ2n) is 30.7. The Hall–Kier alpha value is -8.29. The zero-order chi connectivity index (χ0) is 103. The van der Waals surface area contributed by atoms with Crippen LogP contribution in [-0.2, 0) is 116 Å². The van der Waals surface area contributed by atoms with E-state index in [1.54, 1.807) is 0 Å².